The normalized spacial score (nSPS) is 20.4. The van der Waals surface area contributed by atoms with Crippen LogP contribution >= 0.6 is 24.0 Å². The minimum absolute atomic E-state index is 0. The maximum absolute atomic E-state index is 12.5. The van der Waals surface area contributed by atoms with E-state index in [1.165, 1.54) is 0 Å². The maximum atomic E-state index is 12.5. The molecule has 8 heteroatoms. The van der Waals surface area contributed by atoms with Crippen LogP contribution in [-0.4, -0.2) is 73.6 Å². The Bertz CT molecular complexity index is 607. The Labute approximate surface area is 184 Å². The van der Waals surface area contributed by atoms with Crippen LogP contribution in [0.15, 0.2) is 27.8 Å². The third kappa shape index (κ3) is 6.65. The second kappa shape index (κ2) is 11.6. The van der Waals surface area contributed by atoms with Crippen molar-refractivity contribution in [2.75, 3.05) is 45.9 Å². The second-order valence-corrected chi connectivity index (χ2v) is 7.63. The molecule has 0 aromatic carbocycles. The number of halogens is 1. The lowest BCUT2D eigenvalue weighted by Crippen LogP contribution is -2.55. The predicted octanol–water partition coefficient (Wildman–Crippen LogP) is 2.36. The molecule has 2 aliphatic heterocycles. The van der Waals surface area contributed by atoms with Crippen molar-refractivity contribution in [1.82, 2.24) is 15.1 Å². The lowest BCUT2D eigenvalue weighted by atomic mass is 10.2. The molecule has 1 unspecified atom stereocenters. The van der Waals surface area contributed by atoms with Gasteiger partial charge in [0.25, 0.3) is 5.91 Å². The Morgan fingerprint density at radius 3 is 2.64 bits per heavy atom. The van der Waals surface area contributed by atoms with Gasteiger partial charge in [-0.2, -0.15) is 0 Å². The fourth-order valence-electron chi connectivity index (χ4n) is 3.40. The molecule has 7 nitrogen and oxygen atoms in total. The van der Waals surface area contributed by atoms with Crippen LogP contribution in [0.1, 0.15) is 32.4 Å². The minimum atomic E-state index is -0.225. The summed E-state index contributed by atoms with van der Waals surface area (Å²) in [5.41, 5.74) is 0. The van der Waals surface area contributed by atoms with E-state index in [4.69, 9.17) is 14.1 Å². The third-order valence-electron chi connectivity index (χ3n) is 4.94. The van der Waals surface area contributed by atoms with Gasteiger partial charge in [-0.15, -0.1) is 24.0 Å². The molecule has 1 N–H and O–H groups in total. The fraction of sp³-hybridized carbons (Fsp3) is 0.700. The molecule has 1 aromatic rings. The number of amides is 1. The van der Waals surface area contributed by atoms with Gasteiger partial charge >= 0.3 is 0 Å². The number of aliphatic imine (C=N–C) groups is 1. The molecular formula is C20H33IN4O3. The van der Waals surface area contributed by atoms with E-state index in [1.54, 1.807) is 6.26 Å². The largest absolute Gasteiger partial charge is 0.469 e. The Morgan fingerprint density at radius 1 is 1.29 bits per heavy atom. The van der Waals surface area contributed by atoms with Crippen LogP contribution in [0.3, 0.4) is 0 Å². The van der Waals surface area contributed by atoms with Crippen molar-refractivity contribution in [3.8, 4) is 0 Å². The number of ether oxygens (including phenoxy) is 1. The lowest BCUT2D eigenvalue weighted by Gasteiger charge is -2.37. The summed E-state index contributed by atoms with van der Waals surface area (Å²) in [6.45, 7) is 9.65. The van der Waals surface area contributed by atoms with Crippen molar-refractivity contribution in [3.05, 3.63) is 24.2 Å². The average molecular weight is 504 g/mol. The fourth-order valence-corrected chi connectivity index (χ4v) is 3.40. The van der Waals surface area contributed by atoms with Crippen LogP contribution in [-0.2, 0) is 16.0 Å². The van der Waals surface area contributed by atoms with Crippen molar-refractivity contribution in [2.24, 2.45) is 10.9 Å². The van der Waals surface area contributed by atoms with Crippen LogP contribution in [0.5, 0.6) is 0 Å². The van der Waals surface area contributed by atoms with Crippen LogP contribution in [0.2, 0.25) is 0 Å². The zero-order chi connectivity index (χ0) is 19.1. The van der Waals surface area contributed by atoms with Gasteiger partial charge in [-0.1, -0.05) is 13.8 Å². The number of carbonyl (C=O) groups is 1. The Balaban J connectivity index is 0.00000280. The number of piperazine rings is 1. The van der Waals surface area contributed by atoms with E-state index in [-0.39, 0.29) is 36.0 Å². The van der Waals surface area contributed by atoms with Crippen molar-refractivity contribution < 1.29 is 13.9 Å². The van der Waals surface area contributed by atoms with Gasteiger partial charge in [-0.3, -0.25) is 9.79 Å². The smallest absolute Gasteiger partial charge is 0.251 e. The molecule has 28 heavy (non-hydrogen) atoms. The van der Waals surface area contributed by atoms with E-state index in [1.807, 2.05) is 17.0 Å². The van der Waals surface area contributed by atoms with Crippen molar-refractivity contribution >= 4 is 35.8 Å². The Morgan fingerprint density at radius 2 is 2.04 bits per heavy atom. The number of nitrogens with zero attached hydrogens (tertiary/aromatic N) is 3. The number of nitrogens with one attached hydrogen (secondary N) is 1. The van der Waals surface area contributed by atoms with E-state index in [0.717, 1.165) is 70.3 Å². The summed E-state index contributed by atoms with van der Waals surface area (Å²) in [6.07, 6.45) is 4.15. The topological polar surface area (TPSA) is 70.3 Å². The van der Waals surface area contributed by atoms with E-state index < -0.39 is 0 Å². The number of furan rings is 1. The highest BCUT2D eigenvalue weighted by Gasteiger charge is 2.30. The zero-order valence-corrected chi connectivity index (χ0v) is 19.3. The van der Waals surface area contributed by atoms with Gasteiger partial charge in [-0.25, -0.2) is 0 Å². The van der Waals surface area contributed by atoms with Gasteiger partial charge in [0.2, 0.25) is 0 Å². The maximum Gasteiger partial charge on any atom is 0.251 e. The minimum Gasteiger partial charge on any atom is -0.469 e. The molecule has 1 aromatic heterocycles. The van der Waals surface area contributed by atoms with Crippen LogP contribution in [0.4, 0.5) is 0 Å². The first kappa shape index (κ1) is 23.0. The molecular weight excluding hydrogens is 471 g/mol. The highest BCUT2D eigenvalue weighted by Crippen LogP contribution is 2.16. The van der Waals surface area contributed by atoms with E-state index in [9.17, 15) is 4.79 Å². The van der Waals surface area contributed by atoms with Gasteiger partial charge in [0.05, 0.1) is 6.26 Å². The SMILES string of the molecule is CC(C)CN=C(NCCc1ccco1)N1CCN(C(=O)C2CCCO2)CC1.I. The summed E-state index contributed by atoms with van der Waals surface area (Å²) in [5.74, 6) is 2.56. The molecule has 158 valence electrons. The molecule has 1 atom stereocenters. The van der Waals surface area contributed by atoms with Gasteiger partial charge in [0, 0.05) is 52.3 Å². The molecule has 2 fully saturated rings. The van der Waals surface area contributed by atoms with Gasteiger partial charge in [-0.05, 0) is 30.9 Å². The van der Waals surface area contributed by atoms with E-state index >= 15 is 0 Å². The summed E-state index contributed by atoms with van der Waals surface area (Å²) >= 11 is 0. The standard InChI is InChI=1S/C20H32N4O3.HI/c1-16(2)15-22-20(21-8-7-17-5-3-13-26-17)24-11-9-23(10-12-24)19(25)18-6-4-14-27-18;/h3,5,13,16,18H,4,6-12,14-15H2,1-2H3,(H,21,22);1H. The molecule has 3 heterocycles. The highest BCUT2D eigenvalue weighted by atomic mass is 127. The first-order valence-corrected chi connectivity index (χ1v) is 10.1. The number of carbonyl (C=O) groups excluding carboxylic acids is 1. The predicted molar refractivity (Wildman–Crippen MR) is 120 cm³/mol. The summed E-state index contributed by atoms with van der Waals surface area (Å²) in [5, 5.41) is 3.47. The summed E-state index contributed by atoms with van der Waals surface area (Å²) < 4.78 is 10.9. The van der Waals surface area contributed by atoms with Crippen molar-refractivity contribution in [1.29, 1.82) is 0 Å². The zero-order valence-electron chi connectivity index (χ0n) is 16.9. The molecule has 0 bridgehead atoms. The van der Waals surface area contributed by atoms with Crippen LogP contribution in [0.25, 0.3) is 0 Å². The molecule has 0 spiro atoms. The first-order valence-electron chi connectivity index (χ1n) is 10.1. The number of rotatable bonds is 6. The van der Waals surface area contributed by atoms with Gasteiger partial charge in [0.1, 0.15) is 11.9 Å². The van der Waals surface area contributed by atoms with E-state index in [0.29, 0.717) is 12.5 Å². The van der Waals surface area contributed by atoms with E-state index in [2.05, 4.69) is 24.1 Å². The van der Waals surface area contributed by atoms with Gasteiger partial charge < -0.3 is 24.3 Å². The Kier molecular flexibility index (Phi) is 9.57. The summed E-state index contributed by atoms with van der Waals surface area (Å²) in [4.78, 5) is 21.5. The number of hydrogen-bond acceptors (Lipinski definition) is 4. The monoisotopic (exact) mass is 504 g/mol. The quantitative estimate of drug-likeness (QED) is 0.366. The molecule has 0 radical (unpaired) electrons. The third-order valence-corrected chi connectivity index (χ3v) is 4.94. The number of guanidine groups is 1. The van der Waals surface area contributed by atoms with Crippen molar-refractivity contribution in [3.63, 3.8) is 0 Å². The summed E-state index contributed by atoms with van der Waals surface area (Å²) in [7, 11) is 0. The number of hydrogen-bond donors (Lipinski definition) is 1. The van der Waals surface area contributed by atoms with Crippen molar-refractivity contribution in [2.45, 2.75) is 39.2 Å². The molecule has 2 saturated heterocycles. The van der Waals surface area contributed by atoms with Crippen LogP contribution < -0.4 is 5.32 Å². The summed E-state index contributed by atoms with van der Waals surface area (Å²) in [6, 6.07) is 3.90. The highest BCUT2D eigenvalue weighted by molar-refractivity contribution is 14.0. The average Bonchev–Trinajstić information content (AvgIpc) is 3.38. The van der Waals surface area contributed by atoms with Gasteiger partial charge in [0.15, 0.2) is 5.96 Å². The molecule has 2 aliphatic rings. The first-order chi connectivity index (χ1) is 13.1. The Hall–Kier alpha value is -1.29. The lowest BCUT2D eigenvalue weighted by molar-refractivity contribution is -0.142. The van der Waals surface area contributed by atoms with Crippen LogP contribution in [0, 0.1) is 5.92 Å². The molecule has 3 rings (SSSR count). The second-order valence-electron chi connectivity index (χ2n) is 7.63. The molecule has 0 aliphatic carbocycles. The molecule has 1 amide bonds. The molecule has 0 saturated carbocycles.